The Bertz CT molecular complexity index is 696. The minimum atomic E-state index is 0.0117. The molecule has 114 valence electrons. The number of phenolic OH excluding ortho intramolecular Hbond substituents is 1. The highest BCUT2D eigenvalue weighted by Crippen LogP contribution is 2.54. The first-order chi connectivity index (χ1) is 10.6. The van der Waals surface area contributed by atoms with Gasteiger partial charge < -0.3 is 10.4 Å². The van der Waals surface area contributed by atoms with E-state index in [0.29, 0.717) is 23.6 Å². The van der Waals surface area contributed by atoms with Crippen molar-refractivity contribution in [1.82, 2.24) is 5.32 Å². The van der Waals surface area contributed by atoms with Crippen molar-refractivity contribution in [3.63, 3.8) is 0 Å². The molecule has 2 aromatic rings. The van der Waals surface area contributed by atoms with E-state index >= 15 is 0 Å². The molecule has 1 saturated heterocycles. The Morgan fingerprint density at radius 1 is 1.09 bits per heavy atom. The van der Waals surface area contributed by atoms with Gasteiger partial charge in [0.15, 0.2) is 0 Å². The molecule has 2 aromatic carbocycles. The van der Waals surface area contributed by atoms with Crippen LogP contribution in [0.4, 0.5) is 0 Å². The van der Waals surface area contributed by atoms with Gasteiger partial charge >= 0.3 is 0 Å². The summed E-state index contributed by atoms with van der Waals surface area (Å²) < 4.78 is 0. The van der Waals surface area contributed by atoms with Gasteiger partial charge in [-0.25, -0.2) is 0 Å². The molecule has 0 spiro atoms. The summed E-state index contributed by atoms with van der Waals surface area (Å²) in [5.74, 6) is 1.36. The molecule has 4 atom stereocenters. The van der Waals surface area contributed by atoms with Gasteiger partial charge in [0.2, 0.25) is 0 Å². The quantitative estimate of drug-likeness (QED) is 0.838. The zero-order chi connectivity index (χ0) is 15.3. The molecule has 2 nitrogen and oxygen atoms in total. The largest absolute Gasteiger partial charge is 0.508 e. The fraction of sp³-hybridized carbons (Fsp3) is 0.400. The molecule has 2 bridgehead atoms. The van der Waals surface area contributed by atoms with Crippen molar-refractivity contribution < 1.29 is 5.11 Å². The molecule has 1 aliphatic heterocycles. The molecule has 1 heterocycles. The lowest BCUT2D eigenvalue weighted by Gasteiger charge is -2.55. The molecule has 0 aromatic heterocycles. The maximum Gasteiger partial charge on any atom is 0.115 e. The first-order valence-corrected chi connectivity index (χ1v) is 8.27. The zero-order valence-electron chi connectivity index (χ0n) is 13.2. The number of hydrogen-bond donors (Lipinski definition) is 2. The van der Waals surface area contributed by atoms with E-state index in [1.54, 1.807) is 0 Å². The second-order valence-electron chi connectivity index (χ2n) is 6.92. The first kappa shape index (κ1) is 13.8. The van der Waals surface area contributed by atoms with Crippen LogP contribution in [0.1, 0.15) is 42.9 Å². The lowest BCUT2D eigenvalue weighted by molar-refractivity contribution is 0.156. The Labute approximate surface area is 132 Å². The summed E-state index contributed by atoms with van der Waals surface area (Å²) in [4.78, 5) is 0. The second kappa shape index (κ2) is 4.85. The van der Waals surface area contributed by atoms with Crippen molar-refractivity contribution in [1.29, 1.82) is 0 Å². The van der Waals surface area contributed by atoms with Crippen molar-refractivity contribution in [2.75, 3.05) is 6.54 Å². The van der Waals surface area contributed by atoms with E-state index < -0.39 is 0 Å². The highest BCUT2D eigenvalue weighted by atomic mass is 16.3. The molecule has 4 rings (SSSR count). The molecule has 2 heteroatoms. The minimum absolute atomic E-state index is 0.0117. The summed E-state index contributed by atoms with van der Waals surface area (Å²) in [6.07, 6.45) is 1.08. The third-order valence-corrected chi connectivity index (χ3v) is 6.05. The third kappa shape index (κ3) is 1.70. The number of benzene rings is 2. The number of piperidine rings is 1. The Kier molecular flexibility index (Phi) is 3.05. The number of fused-ring (bicyclic) bond motifs is 4. The summed E-state index contributed by atoms with van der Waals surface area (Å²) in [6, 6.07) is 17.3. The molecule has 0 radical (unpaired) electrons. The van der Waals surface area contributed by atoms with Crippen LogP contribution in [0.3, 0.4) is 0 Å². The first-order valence-electron chi connectivity index (χ1n) is 8.27. The van der Waals surface area contributed by atoms with Crippen LogP contribution in [-0.2, 0) is 5.41 Å². The SMILES string of the molecule is CC1c2ccc(O)cc2C2(c3ccccc3)CCNC1C2C. The highest BCUT2D eigenvalue weighted by molar-refractivity contribution is 5.52. The predicted molar refractivity (Wildman–Crippen MR) is 89.3 cm³/mol. The van der Waals surface area contributed by atoms with E-state index in [1.807, 2.05) is 12.1 Å². The van der Waals surface area contributed by atoms with Crippen LogP contribution in [0.15, 0.2) is 48.5 Å². The van der Waals surface area contributed by atoms with Crippen molar-refractivity contribution in [2.45, 2.75) is 37.6 Å². The van der Waals surface area contributed by atoms with Crippen LogP contribution < -0.4 is 5.32 Å². The maximum atomic E-state index is 10.1. The van der Waals surface area contributed by atoms with Crippen LogP contribution in [-0.4, -0.2) is 17.7 Å². The molecule has 2 N–H and O–H groups in total. The van der Waals surface area contributed by atoms with Crippen LogP contribution in [0.5, 0.6) is 5.75 Å². The van der Waals surface area contributed by atoms with Gasteiger partial charge in [0.25, 0.3) is 0 Å². The maximum absolute atomic E-state index is 10.1. The fourth-order valence-corrected chi connectivity index (χ4v) is 4.96. The van der Waals surface area contributed by atoms with Gasteiger partial charge in [-0.1, -0.05) is 50.2 Å². The Morgan fingerprint density at radius 2 is 1.86 bits per heavy atom. The average molecular weight is 293 g/mol. The van der Waals surface area contributed by atoms with E-state index in [0.717, 1.165) is 13.0 Å². The van der Waals surface area contributed by atoms with Crippen molar-refractivity contribution in [3.8, 4) is 5.75 Å². The molecular formula is C20H23NO. The van der Waals surface area contributed by atoms with Gasteiger partial charge in [-0.05, 0) is 53.6 Å². The molecule has 0 amide bonds. The molecule has 4 unspecified atom stereocenters. The summed E-state index contributed by atoms with van der Waals surface area (Å²) in [6.45, 7) is 5.71. The van der Waals surface area contributed by atoms with E-state index in [4.69, 9.17) is 0 Å². The third-order valence-electron chi connectivity index (χ3n) is 6.05. The monoisotopic (exact) mass is 293 g/mol. The Balaban J connectivity index is 2.03. The Morgan fingerprint density at radius 3 is 2.64 bits per heavy atom. The summed E-state index contributed by atoms with van der Waals surface area (Å²) >= 11 is 0. The summed E-state index contributed by atoms with van der Waals surface area (Å²) in [5, 5.41) is 13.8. The topological polar surface area (TPSA) is 32.3 Å². The highest BCUT2D eigenvalue weighted by Gasteiger charge is 2.52. The summed E-state index contributed by atoms with van der Waals surface area (Å²) in [5.41, 5.74) is 4.11. The lowest BCUT2D eigenvalue weighted by Crippen LogP contribution is -2.59. The molecule has 22 heavy (non-hydrogen) atoms. The fourth-order valence-electron chi connectivity index (χ4n) is 4.96. The van der Waals surface area contributed by atoms with Gasteiger partial charge in [-0.3, -0.25) is 0 Å². The normalized spacial score (nSPS) is 33.3. The lowest BCUT2D eigenvalue weighted by atomic mass is 9.53. The van der Waals surface area contributed by atoms with Gasteiger partial charge in [-0.2, -0.15) is 0 Å². The number of nitrogens with one attached hydrogen (secondary N) is 1. The summed E-state index contributed by atoms with van der Waals surface area (Å²) in [7, 11) is 0. The van der Waals surface area contributed by atoms with E-state index in [9.17, 15) is 5.11 Å². The van der Waals surface area contributed by atoms with Crippen molar-refractivity contribution in [2.24, 2.45) is 5.92 Å². The molecule has 2 aliphatic rings. The molecule has 1 aliphatic carbocycles. The number of phenols is 1. The van der Waals surface area contributed by atoms with E-state index in [1.165, 1.54) is 16.7 Å². The van der Waals surface area contributed by atoms with Crippen molar-refractivity contribution >= 4 is 0 Å². The van der Waals surface area contributed by atoms with E-state index in [-0.39, 0.29) is 5.41 Å². The molecule has 0 saturated carbocycles. The van der Waals surface area contributed by atoms with Crippen LogP contribution in [0.25, 0.3) is 0 Å². The Hall–Kier alpha value is -1.80. The van der Waals surface area contributed by atoms with E-state index in [2.05, 4.69) is 55.6 Å². The average Bonchev–Trinajstić information content (AvgIpc) is 2.54. The van der Waals surface area contributed by atoms with Gasteiger partial charge in [0.1, 0.15) is 5.75 Å². The smallest absolute Gasteiger partial charge is 0.115 e. The van der Waals surface area contributed by atoms with Crippen molar-refractivity contribution in [3.05, 3.63) is 65.2 Å². The number of hydrogen-bond acceptors (Lipinski definition) is 2. The van der Waals surface area contributed by atoms with Gasteiger partial charge in [0.05, 0.1) is 0 Å². The molecular weight excluding hydrogens is 270 g/mol. The van der Waals surface area contributed by atoms with Crippen LogP contribution in [0.2, 0.25) is 0 Å². The standard InChI is InChI=1S/C20H23NO/c1-13-17-9-8-16(22)12-18(17)20(15-6-4-3-5-7-15)10-11-21-19(13)14(20)2/h3-9,12-14,19,21-22H,10-11H2,1-2H3. The number of rotatable bonds is 1. The van der Waals surface area contributed by atoms with Crippen LogP contribution >= 0.6 is 0 Å². The van der Waals surface area contributed by atoms with Gasteiger partial charge in [-0.15, -0.1) is 0 Å². The second-order valence-corrected chi connectivity index (χ2v) is 6.92. The predicted octanol–water partition coefficient (Wildman–Crippen LogP) is 3.79. The molecule has 1 fully saturated rings. The van der Waals surface area contributed by atoms with Crippen LogP contribution in [0, 0.1) is 5.92 Å². The van der Waals surface area contributed by atoms with Gasteiger partial charge in [0, 0.05) is 11.5 Å². The minimum Gasteiger partial charge on any atom is -0.508 e. The number of aromatic hydroxyl groups is 1. The zero-order valence-corrected chi connectivity index (χ0v) is 13.2.